The fraction of sp³-hybridized carbons (Fsp3) is 0.429. The summed E-state index contributed by atoms with van der Waals surface area (Å²) >= 11 is 5.55. The Labute approximate surface area is 75.0 Å². The number of nitrogens with one attached hydrogen (secondary N) is 1. The number of aromatic nitrogens is 2. The van der Waals surface area contributed by atoms with Crippen LogP contribution >= 0.6 is 11.6 Å². The summed E-state index contributed by atoms with van der Waals surface area (Å²) in [5.74, 6) is -0.281. The normalized spacial score (nSPS) is 10.0. The Morgan fingerprint density at radius 1 is 1.50 bits per heavy atom. The first kappa shape index (κ1) is 9.19. The maximum absolute atomic E-state index is 13.2. The van der Waals surface area contributed by atoms with Crippen molar-refractivity contribution in [2.75, 3.05) is 12.4 Å². The fourth-order valence-electron chi connectivity index (χ4n) is 0.863. The summed E-state index contributed by atoms with van der Waals surface area (Å²) in [5, 5.41) is 2.67. The lowest BCUT2D eigenvalue weighted by Gasteiger charge is -2.04. The molecule has 12 heavy (non-hydrogen) atoms. The molecule has 1 aromatic heterocycles. The molecule has 0 bridgehead atoms. The van der Waals surface area contributed by atoms with Gasteiger partial charge in [0.15, 0.2) is 11.6 Å². The van der Waals surface area contributed by atoms with E-state index in [1.807, 2.05) is 0 Å². The minimum atomic E-state index is -0.426. The molecule has 0 atom stereocenters. The third-order valence-electron chi connectivity index (χ3n) is 1.46. The van der Waals surface area contributed by atoms with E-state index in [-0.39, 0.29) is 11.1 Å². The molecule has 0 aromatic carbocycles. The number of halogens is 2. The first-order valence-electron chi connectivity index (χ1n) is 3.58. The third kappa shape index (κ3) is 1.64. The Bertz CT molecular complexity index is 265. The predicted octanol–water partition coefficient (Wildman–Crippen LogP) is 1.87. The summed E-state index contributed by atoms with van der Waals surface area (Å²) in [6, 6.07) is 0. The van der Waals surface area contributed by atoms with Crippen molar-refractivity contribution < 1.29 is 4.39 Å². The van der Waals surface area contributed by atoms with Crippen molar-refractivity contribution in [3.8, 4) is 0 Å². The van der Waals surface area contributed by atoms with Crippen LogP contribution in [-0.4, -0.2) is 17.0 Å². The van der Waals surface area contributed by atoms with Crippen molar-refractivity contribution in [3.05, 3.63) is 16.8 Å². The molecule has 0 spiro atoms. The maximum Gasteiger partial charge on any atom is 0.224 e. The van der Waals surface area contributed by atoms with Crippen LogP contribution in [0.25, 0.3) is 0 Å². The van der Waals surface area contributed by atoms with Gasteiger partial charge < -0.3 is 5.32 Å². The van der Waals surface area contributed by atoms with Crippen LogP contribution in [0, 0.1) is 5.82 Å². The molecule has 1 heterocycles. The number of rotatable bonds is 2. The number of aryl methyl sites for hydroxylation is 1. The molecule has 0 saturated carbocycles. The van der Waals surface area contributed by atoms with Gasteiger partial charge in [-0.05, 0) is 18.0 Å². The zero-order valence-corrected chi connectivity index (χ0v) is 7.61. The quantitative estimate of drug-likeness (QED) is 0.722. The highest BCUT2D eigenvalue weighted by Crippen LogP contribution is 2.16. The van der Waals surface area contributed by atoms with Crippen molar-refractivity contribution in [1.82, 2.24) is 9.97 Å². The van der Waals surface area contributed by atoms with Gasteiger partial charge in [0.05, 0.1) is 5.69 Å². The predicted molar refractivity (Wildman–Crippen MR) is 45.9 cm³/mol. The molecule has 5 heteroatoms. The van der Waals surface area contributed by atoms with E-state index in [4.69, 9.17) is 11.6 Å². The van der Waals surface area contributed by atoms with E-state index in [2.05, 4.69) is 15.3 Å². The molecule has 1 aromatic rings. The van der Waals surface area contributed by atoms with E-state index in [0.717, 1.165) is 0 Å². The highest BCUT2D eigenvalue weighted by atomic mass is 35.5. The lowest BCUT2D eigenvalue weighted by molar-refractivity contribution is 0.598. The second-order valence-electron chi connectivity index (χ2n) is 2.21. The maximum atomic E-state index is 13.2. The molecule has 0 aliphatic rings. The van der Waals surface area contributed by atoms with E-state index in [0.29, 0.717) is 12.1 Å². The van der Waals surface area contributed by atoms with Crippen LogP contribution in [0.2, 0.25) is 5.28 Å². The number of nitrogens with zero attached hydrogens (tertiary/aromatic N) is 2. The van der Waals surface area contributed by atoms with Gasteiger partial charge in [0.1, 0.15) is 0 Å². The van der Waals surface area contributed by atoms with E-state index in [1.54, 1.807) is 14.0 Å². The zero-order chi connectivity index (χ0) is 9.14. The highest BCUT2D eigenvalue weighted by molar-refractivity contribution is 6.28. The molecule has 66 valence electrons. The van der Waals surface area contributed by atoms with Gasteiger partial charge in [0, 0.05) is 7.05 Å². The molecule has 0 unspecified atom stereocenters. The van der Waals surface area contributed by atoms with Gasteiger partial charge in [-0.2, -0.15) is 4.98 Å². The second kappa shape index (κ2) is 3.67. The molecular weight excluding hydrogens is 181 g/mol. The third-order valence-corrected chi connectivity index (χ3v) is 1.63. The molecule has 0 radical (unpaired) electrons. The largest absolute Gasteiger partial charge is 0.371 e. The van der Waals surface area contributed by atoms with Crippen LogP contribution in [0.3, 0.4) is 0 Å². The first-order chi connectivity index (χ1) is 5.69. The van der Waals surface area contributed by atoms with Gasteiger partial charge in [-0.1, -0.05) is 6.92 Å². The van der Waals surface area contributed by atoms with Crippen LogP contribution in [0.1, 0.15) is 12.6 Å². The molecule has 0 aliphatic heterocycles. The molecule has 3 nitrogen and oxygen atoms in total. The Morgan fingerprint density at radius 3 is 2.67 bits per heavy atom. The summed E-state index contributed by atoms with van der Waals surface area (Å²) in [5.41, 5.74) is 0.333. The average molecular weight is 190 g/mol. The monoisotopic (exact) mass is 189 g/mol. The van der Waals surface area contributed by atoms with Crippen molar-refractivity contribution in [1.29, 1.82) is 0 Å². The minimum Gasteiger partial charge on any atom is -0.371 e. The van der Waals surface area contributed by atoms with Crippen molar-refractivity contribution >= 4 is 17.4 Å². The van der Waals surface area contributed by atoms with E-state index in [1.165, 1.54) is 0 Å². The van der Waals surface area contributed by atoms with E-state index in [9.17, 15) is 4.39 Å². The van der Waals surface area contributed by atoms with Gasteiger partial charge in [-0.15, -0.1) is 0 Å². The van der Waals surface area contributed by atoms with Gasteiger partial charge in [0.25, 0.3) is 0 Å². The van der Waals surface area contributed by atoms with Gasteiger partial charge in [-0.25, -0.2) is 9.37 Å². The van der Waals surface area contributed by atoms with Crippen LogP contribution in [0.5, 0.6) is 0 Å². The van der Waals surface area contributed by atoms with Gasteiger partial charge in [-0.3, -0.25) is 0 Å². The molecular formula is C7H9ClFN3. The molecule has 1 rings (SSSR count). The van der Waals surface area contributed by atoms with E-state index < -0.39 is 5.82 Å². The summed E-state index contributed by atoms with van der Waals surface area (Å²) < 4.78 is 13.2. The smallest absolute Gasteiger partial charge is 0.224 e. The number of hydrogen-bond acceptors (Lipinski definition) is 3. The minimum absolute atomic E-state index is 0.0672. The highest BCUT2D eigenvalue weighted by Gasteiger charge is 2.10. The molecule has 1 N–H and O–H groups in total. The molecule has 0 aliphatic carbocycles. The molecule has 0 saturated heterocycles. The zero-order valence-electron chi connectivity index (χ0n) is 6.86. The summed E-state index contributed by atoms with van der Waals surface area (Å²) in [6.07, 6.45) is 0.503. The Balaban J connectivity index is 3.22. The summed E-state index contributed by atoms with van der Waals surface area (Å²) in [4.78, 5) is 7.41. The van der Waals surface area contributed by atoms with Crippen LogP contribution in [0.4, 0.5) is 10.2 Å². The summed E-state index contributed by atoms with van der Waals surface area (Å²) in [7, 11) is 1.58. The number of hydrogen-bond donors (Lipinski definition) is 1. The topological polar surface area (TPSA) is 37.8 Å². The standard InChI is InChI=1S/C7H9ClFN3/c1-3-4-5(9)6(10-2)12-7(8)11-4/h3H2,1-2H3,(H,10,11,12). The molecule has 0 amide bonds. The fourth-order valence-corrected chi connectivity index (χ4v) is 1.05. The van der Waals surface area contributed by atoms with Crippen LogP contribution in [-0.2, 0) is 6.42 Å². The van der Waals surface area contributed by atoms with Crippen molar-refractivity contribution in [3.63, 3.8) is 0 Å². The lowest BCUT2D eigenvalue weighted by Crippen LogP contribution is -2.03. The Morgan fingerprint density at radius 2 is 2.17 bits per heavy atom. The van der Waals surface area contributed by atoms with Gasteiger partial charge in [0.2, 0.25) is 5.28 Å². The van der Waals surface area contributed by atoms with Crippen LogP contribution in [0.15, 0.2) is 0 Å². The van der Waals surface area contributed by atoms with Crippen LogP contribution < -0.4 is 5.32 Å². The summed E-state index contributed by atoms with van der Waals surface area (Å²) in [6.45, 7) is 1.81. The first-order valence-corrected chi connectivity index (χ1v) is 3.96. The second-order valence-corrected chi connectivity index (χ2v) is 2.54. The van der Waals surface area contributed by atoms with Crippen molar-refractivity contribution in [2.24, 2.45) is 0 Å². The van der Waals surface area contributed by atoms with E-state index >= 15 is 0 Å². The Kier molecular flexibility index (Phi) is 2.81. The van der Waals surface area contributed by atoms with Crippen molar-refractivity contribution in [2.45, 2.75) is 13.3 Å². The average Bonchev–Trinajstić information content (AvgIpc) is 2.08. The Hall–Kier alpha value is -0.900. The number of anilines is 1. The molecule has 0 fully saturated rings. The van der Waals surface area contributed by atoms with Gasteiger partial charge >= 0.3 is 0 Å². The SMILES string of the molecule is CCc1nc(Cl)nc(NC)c1F. The lowest BCUT2D eigenvalue weighted by atomic mass is 10.3.